The van der Waals surface area contributed by atoms with Crippen molar-refractivity contribution in [2.75, 3.05) is 20.1 Å². The first-order valence-corrected chi connectivity index (χ1v) is 9.00. The van der Waals surface area contributed by atoms with Gasteiger partial charge in [0, 0.05) is 19.0 Å². The highest BCUT2D eigenvalue weighted by atomic mass is 16.5. The number of aliphatic carboxylic acids is 1. The van der Waals surface area contributed by atoms with Crippen LogP contribution in [0.2, 0.25) is 0 Å². The number of nitrogens with zero attached hydrogens (tertiary/aromatic N) is 2. The number of hydrogen-bond donors (Lipinski definition) is 2. The molecule has 0 aromatic heterocycles. The number of carboxylic acids is 2. The summed E-state index contributed by atoms with van der Waals surface area (Å²) in [7, 11) is 1.62. The van der Waals surface area contributed by atoms with Crippen molar-refractivity contribution < 1.29 is 34.1 Å². The van der Waals surface area contributed by atoms with Crippen LogP contribution in [0.25, 0.3) is 0 Å². The van der Waals surface area contributed by atoms with E-state index in [4.69, 9.17) is 9.84 Å². The van der Waals surface area contributed by atoms with Gasteiger partial charge in [0.25, 0.3) is 0 Å². The first-order valence-electron chi connectivity index (χ1n) is 9.00. The molecule has 0 radical (unpaired) electrons. The minimum atomic E-state index is -1.23. The Morgan fingerprint density at radius 2 is 1.89 bits per heavy atom. The second-order valence-electron chi connectivity index (χ2n) is 6.73. The largest absolute Gasteiger partial charge is 0.480 e. The standard InChI is InChI=1S/C19H24N2O7/c1-3-6-16(22)21-10-12(20(2)11-17(23)24)9-14(21)19(27)28-15-8-5-4-7-13(15)18(25)26/h4-5,7-8,12,14H,3,6,9-11H2,1-2H3,(H,23,24)(H,25,26)/t12-,14?/m1/s1. The van der Waals surface area contributed by atoms with E-state index in [0.717, 1.165) is 0 Å². The van der Waals surface area contributed by atoms with Crippen molar-refractivity contribution in [3.8, 4) is 5.75 Å². The molecule has 1 aliphatic heterocycles. The third-order valence-corrected chi connectivity index (χ3v) is 4.67. The summed E-state index contributed by atoms with van der Waals surface area (Å²) in [6.45, 7) is 1.84. The Morgan fingerprint density at radius 3 is 2.50 bits per heavy atom. The lowest BCUT2D eigenvalue weighted by molar-refractivity contribution is -0.146. The van der Waals surface area contributed by atoms with Crippen molar-refractivity contribution in [3.05, 3.63) is 29.8 Å². The van der Waals surface area contributed by atoms with Crippen LogP contribution in [0.4, 0.5) is 0 Å². The van der Waals surface area contributed by atoms with Gasteiger partial charge >= 0.3 is 17.9 Å². The lowest BCUT2D eigenvalue weighted by Gasteiger charge is -2.24. The van der Waals surface area contributed by atoms with E-state index in [0.29, 0.717) is 6.42 Å². The maximum absolute atomic E-state index is 12.8. The number of likely N-dealkylation sites (tertiary alicyclic amines) is 1. The molecule has 0 bridgehead atoms. The highest BCUT2D eigenvalue weighted by molar-refractivity contribution is 5.93. The van der Waals surface area contributed by atoms with Crippen LogP contribution in [0.5, 0.6) is 5.75 Å². The molecule has 2 atom stereocenters. The van der Waals surface area contributed by atoms with E-state index >= 15 is 0 Å². The van der Waals surface area contributed by atoms with Crippen LogP contribution in [0.3, 0.4) is 0 Å². The van der Waals surface area contributed by atoms with E-state index < -0.39 is 23.9 Å². The molecule has 1 aromatic carbocycles. The third kappa shape index (κ3) is 5.07. The number of carbonyl (C=O) groups excluding carboxylic acids is 2. The van der Waals surface area contributed by atoms with Gasteiger partial charge in [0.2, 0.25) is 5.91 Å². The highest BCUT2D eigenvalue weighted by Gasteiger charge is 2.42. The Morgan fingerprint density at radius 1 is 1.21 bits per heavy atom. The molecule has 1 saturated heterocycles. The van der Waals surface area contributed by atoms with Crippen molar-refractivity contribution in [3.63, 3.8) is 0 Å². The molecule has 28 heavy (non-hydrogen) atoms. The van der Waals surface area contributed by atoms with E-state index in [1.54, 1.807) is 18.0 Å². The Bertz CT molecular complexity index is 764. The number of para-hydroxylation sites is 1. The summed E-state index contributed by atoms with van der Waals surface area (Å²) in [4.78, 5) is 50.5. The number of likely N-dealkylation sites (N-methyl/N-ethyl adjacent to an activating group) is 1. The van der Waals surface area contributed by atoms with Crippen LogP contribution in [0.15, 0.2) is 24.3 Å². The maximum atomic E-state index is 12.8. The Kier molecular flexibility index (Phi) is 7.11. The molecule has 1 heterocycles. The molecular formula is C19H24N2O7. The van der Waals surface area contributed by atoms with Crippen LogP contribution in [-0.2, 0) is 14.4 Å². The molecular weight excluding hydrogens is 368 g/mol. The first-order chi connectivity index (χ1) is 13.2. The van der Waals surface area contributed by atoms with Crippen molar-refractivity contribution in [2.24, 2.45) is 0 Å². The molecule has 0 spiro atoms. The molecule has 0 aliphatic carbocycles. The number of ether oxygens (including phenoxy) is 1. The number of aromatic carboxylic acids is 1. The van der Waals surface area contributed by atoms with Gasteiger partial charge in [-0.25, -0.2) is 9.59 Å². The van der Waals surface area contributed by atoms with Crippen LogP contribution in [0.1, 0.15) is 36.5 Å². The van der Waals surface area contributed by atoms with Gasteiger partial charge in [0.1, 0.15) is 17.4 Å². The molecule has 0 saturated carbocycles. The summed E-state index contributed by atoms with van der Waals surface area (Å²) in [5.74, 6) is -3.28. The van der Waals surface area contributed by atoms with Crippen LogP contribution < -0.4 is 4.74 Å². The minimum absolute atomic E-state index is 0.0924. The Hall–Kier alpha value is -2.94. The number of benzene rings is 1. The van der Waals surface area contributed by atoms with Crippen LogP contribution in [-0.4, -0.2) is 76.0 Å². The average Bonchev–Trinajstić information content (AvgIpc) is 3.07. The van der Waals surface area contributed by atoms with Crippen molar-refractivity contribution in [1.29, 1.82) is 0 Å². The summed E-state index contributed by atoms with van der Waals surface area (Å²) < 4.78 is 5.31. The van der Waals surface area contributed by atoms with Crippen molar-refractivity contribution in [2.45, 2.75) is 38.3 Å². The molecule has 1 aromatic rings. The van der Waals surface area contributed by atoms with Gasteiger partial charge in [0.05, 0.1) is 6.54 Å². The normalized spacial score (nSPS) is 18.9. The lowest BCUT2D eigenvalue weighted by Crippen LogP contribution is -2.43. The van der Waals surface area contributed by atoms with Crippen molar-refractivity contribution >= 4 is 23.8 Å². The molecule has 9 heteroatoms. The number of amides is 1. The molecule has 1 aliphatic rings. The van der Waals surface area contributed by atoms with Crippen LogP contribution in [0, 0.1) is 0 Å². The van der Waals surface area contributed by atoms with E-state index in [1.807, 2.05) is 6.92 Å². The van der Waals surface area contributed by atoms with E-state index in [9.17, 15) is 24.3 Å². The number of rotatable bonds is 8. The summed E-state index contributed by atoms with van der Waals surface area (Å²) in [5, 5.41) is 18.2. The lowest BCUT2D eigenvalue weighted by atomic mass is 10.1. The fraction of sp³-hybridized carbons (Fsp3) is 0.474. The zero-order valence-corrected chi connectivity index (χ0v) is 15.8. The molecule has 1 amide bonds. The zero-order chi connectivity index (χ0) is 20.8. The van der Waals surface area contributed by atoms with Gasteiger partial charge in [0.15, 0.2) is 0 Å². The fourth-order valence-corrected chi connectivity index (χ4v) is 3.24. The SMILES string of the molecule is CCCC(=O)N1C[C@H](N(C)CC(=O)O)CC1C(=O)Oc1ccccc1C(=O)O. The fourth-order valence-electron chi connectivity index (χ4n) is 3.24. The number of esters is 1. The van der Waals surface area contributed by atoms with Gasteiger partial charge in [-0.15, -0.1) is 0 Å². The number of carbonyl (C=O) groups is 4. The van der Waals surface area contributed by atoms with Crippen molar-refractivity contribution in [1.82, 2.24) is 9.80 Å². The maximum Gasteiger partial charge on any atom is 0.339 e. The topological polar surface area (TPSA) is 124 Å². The van der Waals surface area contributed by atoms with E-state index in [1.165, 1.54) is 23.1 Å². The number of carboxylic acid groups (broad SMARTS) is 2. The van der Waals surface area contributed by atoms with Gasteiger partial charge in [-0.2, -0.15) is 0 Å². The van der Waals surface area contributed by atoms with E-state index in [-0.39, 0.29) is 49.2 Å². The molecule has 9 nitrogen and oxygen atoms in total. The summed E-state index contributed by atoms with van der Waals surface area (Å²) >= 11 is 0. The molecule has 1 fully saturated rings. The minimum Gasteiger partial charge on any atom is -0.480 e. The molecule has 2 rings (SSSR count). The smallest absolute Gasteiger partial charge is 0.339 e. The molecule has 152 valence electrons. The first kappa shape index (κ1) is 21.4. The predicted molar refractivity (Wildman–Crippen MR) is 98.1 cm³/mol. The second-order valence-corrected chi connectivity index (χ2v) is 6.73. The van der Waals surface area contributed by atoms with E-state index in [2.05, 4.69) is 0 Å². The molecule has 2 N–H and O–H groups in total. The van der Waals surface area contributed by atoms with Gasteiger partial charge < -0.3 is 19.8 Å². The highest BCUT2D eigenvalue weighted by Crippen LogP contribution is 2.26. The van der Waals surface area contributed by atoms with Gasteiger partial charge in [-0.3, -0.25) is 14.5 Å². The summed E-state index contributed by atoms with van der Waals surface area (Å²) in [5.41, 5.74) is -0.153. The summed E-state index contributed by atoms with van der Waals surface area (Å²) in [6, 6.07) is 4.55. The number of hydrogen-bond acceptors (Lipinski definition) is 6. The zero-order valence-electron chi connectivity index (χ0n) is 15.8. The second kappa shape index (κ2) is 9.32. The monoisotopic (exact) mass is 392 g/mol. The summed E-state index contributed by atoms with van der Waals surface area (Å²) in [6.07, 6.45) is 1.08. The van der Waals surface area contributed by atoms with Gasteiger partial charge in [-0.1, -0.05) is 19.1 Å². The quantitative estimate of drug-likeness (QED) is 0.497. The Labute approximate surface area is 162 Å². The Balaban J connectivity index is 2.21. The molecule has 1 unspecified atom stereocenters. The van der Waals surface area contributed by atoms with Crippen LogP contribution >= 0.6 is 0 Å². The average molecular weight is 392 g/mol. The predicted octanol–water partition coefficient (Wildman–Crippen LogP) is 1.08. The van der Waals surface area contributed by atoms with Gasteiger partial charge in [-0.05, 0) is 32.0 Å². The third-order valence-electron chi connectivity index (χ3n) is 4.67.